The highest BCUT2D eigenvalue weighted by molar-refractivity contribution is 7.99. The number of hydrogen-bond acceptors (Lipinski definition) is 8. The maximum Gasteiger partial charge on any atom is 0.335 e. The molecule has 2 heterocycles. The van der Waals surface area contributed by atoms with Crippen LogP contribution in [0.25, 0.3) is 0 Å². The summed E-state index contributed by atoms with van der Waals surface area (Å²) in [6.07, 6.45) is -2.74. The normalized spacial score (nSPS) is 29.0. The van der Waals surface area contributed by atoms with Crippen molar-refractivity contribution in [2.45, 2.75) is 29.7 Å². The summed E-state index contributed by atoms with van der Waals surface area (Å²) < 4.78 is 6.93. The molecule has 1 aromatic heterocycles. The summed E-state index contributed by atoms with van der Waals surface area (Å²) in [6.45, 7) is -0.410. The van der Waals surface area contributed by atoms with E-state index in [1.54, 1.807) is 0 Å². The third-order valence-electron chi connectivity index (χ3n) is 3.05. The van der Waals surface area contributed by atoms with Gasteiger partial charge in [-0.25, -0.2) is 9.78 Å². The molecule has 4 atom stereocenters. The van der Waals surface area contributed by atoms with Crippen LogP contribution in [0.15, 0.2) is 22.2 Å². The first-order valence-corrected chi connectivity index (χ1v) is 7.22. The Kier molecular flexibility index (Phi) is 5.70. The molecule has 1 saturated heterocycles. The minimum atomic E-state index is -1.22. The van der Waals surface area contributed by atoms with Crippen molar-refractivity contribution >= 4 is 11.8 Å². The van der Waals surface area contributed by atoms with Crippen LogP contribution in [-0.4, -0.2) is 58.2 Å². The Labute approximate surface area is 124 Å². The second-order valence-electron chi connectivity index (χ2n) is 4.38. The van der Waals surface area contributed by atoms with Gasteiger partial charge in [-0.3, -0.25) is 0 Å². The minimum absolute atomic E-state index is 0.307. The molecule has 1 aliphatic rings. The standard InChI is InChI=1S/C11H17N3O6S/c1-19-12-5-21-11-13-7(16)2-3-14(11)10-9(18)8(17)6(4-15)20-10/h2-3,6,8-10,12,15,17-18H,4-5H2,1H3/p+1/t6-,8-,9-,10-/m1/s1. The Bertz CT molecular complexity index is 527. The Morgan fingerprint density at radius 3 is 2.90 bits per heavy atom. The SMILES string of the molecule is CONCSc1[nH]c(=O)cc[n+]1[C@@H]1O[C@H](CO)[C@@H](O)[C@H]1O. The van der Waals surface area contributed by atoms with E-state index in [1.165, 1.54) is 35.7 Å². The topological polar surface area (TPSA) is 128 Å². The van der Waals surface area contributed by atoms with Crippen LogP contribution >= 0.6 is 11.8 Å². The van der Waals surface area contributed by atoms with Crippen molar-refractivity contribution in [3.8, 4) is 0 Å². The maximum absolute atomic E-state index is 11.4. The molecule has 9 nitrogen and oxygen atoms in total. The van der Waals surface area contributed by atoms with Crippen molar-refractivity contribution in [1.82, 2.24) is 10.5 Å². The summed E-state index contributed by atoms with van der Waals surface area (Å²) in [5.74, 6) is 0.352. The molecule has 2 rings (SSSR count). The van der Waals surface area contributed by atoms with Crippen LogP contribution in [0.3, 0.4) is 0 Å². The van der Waals surface area contributed by atoms with E-state index in [0.29, 0.717) is 11.0 Å². The lowest BCUT2D eigenvalue weighted by Gasteiger charge is -2.14. The van der Waals surface area contributed by atoms with Crippen LogP contribution < -0.4 is 15.6 Å². The predicted molar refractivity (Wildman–Crippen MR) is 71.1 cm³/mol. The smallest absolute Gasteiger partial charge is 0.335 e. The van der Waals surface area contributed by atoms with E-state index in [-0.39, 0.29) is 5.56 Å². The number of ether oxygens (including phenoxy) is 1. The molecule has 118 valence electrons. The predicted octanol–water partition coefficient (Wildman–Crippen LogP) is -2.53. The second-order valence-corrected chi connectivity index (χ2v) is 5.35. The van der Waals surface area contributed by atoms with Crippen LogP contribution in [-0.2, 0) is 9.57 Å². The van der Waals surface area contributed by atoms with Crippen LogP contribution in [0.5, 0.6) is 0 Å². The number of aromatic nitrogens is 2. The quantitative estimate of drug-likeness (QED) is 0.0970. The lowest BCUT2D eigenvalue weighted by atomic mass is 10.1. The van der Waals surface area contributed by atoms with Gasteiger partial charge < -0.3 is 24.9 Å². The summed E-state index contributed by atoms with van der Waals surface area (Å²) in [6, 6.07) is 1.28. The van der Waals surface area contributed by atoms with Gasteiger partial charge in [0.15, 0.2) is 0 Å². The van der Waals surface area contributed by atoms with Crippen LogP contribution in [0.2, 0.25) is 0 Å². The third-order valence-corrected chi connectivity index (χ3v) is 3.90. The number of aliphatic hydroxyl groups excluding tert-OH is 3. The van der Waals surface area contributed by atoms with Gasteiger partial charge >= 0.3 is 10.7 Å². The number of aliphatic hydroxyl groups is 3. The number of hydroxylamine groups is 1. The van der Waals surface area contributed by atoms with Crippen LogP contribution in [0.1, 0.15) is 6.23 Å². The first-order valence-electron chi connectivity index (χ1n) is 6.24. The minimum Gasteiger partial charge on any atom is -0.394 e. The highest BCUT2D eigenvalue weighted by Gasteiger charge is 2.46. The number of rotatable bonds is 6. The molecular weight excluding hydrogens is 302 g/mol. The van der Waals surface area contributed by atoms with Crippen molar-refractivity contribution in [1.29, 1.82) is 0 Å². The zero-order valence-corrected chi connectivity index (χ0v) is 12.1. The number of H-pyrrole nitrogens is 1. The van der Waals surface area contributed by atoms with Gasteiger partial charge in [0.1, 0.15) is 24.5 Å². The molecule has 0 spiro atoms. The maximum atomic E-state index is 11.4. The van der Waals surface area contributed by atoms with Gasteiger partial charge in [-0.2, -0.15) is 10.0 Å². The van der Waals surface area contributed by atoms with Crippen molar-refractivity contribution < 1.29 is 29.5 Å². The lowest BCUT2D eigenvalue weighted by molar-refractivity contribution is -0.800. The number of thioether (sulfide) groups is 1. The molecule has 0 unspecified atom stereocenters. The lowest BCUT2D eigenvalue weighted by Crippen LogP contribution is -2.49. The van der Waals surface area contributed by atoms with Crippen molar-refractivity contribution in [3.63, 3.8) is 0 Å². The molecule has 0 radical (unpaired) electrons. The van der Waals surface area contributed by atoms with E-state index in [2.05, 4.69) is 10.5 Å². The summed E-state index contributed by atoms with van der Waals surface area (Å²) >= 11 is 1.22. The van der Waals surface area contributed by atoms with Crippen molar-refractivity contribution in [2.75, 3.05) is 19.6 Å². The monoisotopic (exact) mass is 320 g/mol. The molecule has 1 aromatic rings. The molecule has 0 amide bonds. The summed E-state index contributed by atoms with van der Waals surface area (Å²) in [7, 11) is 1.47. The largest absolute Gasteiger partial charge is 0.394 e. The average molecular weight is 320 g/mol. The average Bonchev–Trinajstić information content (AvgIpc) is 2.76. The Morgan fingerprint density at radius 2 is 2.29 bits per heavy atom. The molecule has 5 N–H and O–H groups in total. The number of nitrogens with one attached hydrogen (secondary N) is 2. The van der Waals surface area contributed by atoms with Gasteiger partial charge in [0.05, 0.1) is 25.7 Å². The molecule has 0 aliphatic carbocycles. The zero-order valence-electron chi connectivity index (χ0n) is 11.3. The molecule has 21 heavy (non-hydrogen) atoms. The van der Waals surface area contributed by atoms with Crippen LogP contribution in [0, 0.1) is 0 Å². The van der Waals surface area contributed by atoms with Crippen molar-refractivity contribution in [3.05, 3.63) is 22.6 Å². The molecule has 10 heteroatoms. The fourth-order valence-electron chi connectivity index (χ4n) is 2.00. The molecule has 1 fully saturated rings. The second kappa shape index (κ2) is 7.31. The third kappa shape index (κ3) is 3.61. The van der Waals surface area contributed by atoms with Gasteiger partial charge in [0.2, 0.25) is 6.23 Å². The number of aromatic amines is 1. The molecule has 0 bridgehead atoms. The van der Waals surface area contributed by atoms with Gasteiger partial charge in [-0.15, -0.1) is 0 Å². The summed E-state index contributed by atoms with van der Waals surface area (Å²) in [4.78, 5) is 18.8. The van der Waals surface area contributed by atoms with E-state index < -0.39 is 31.1 Å². The number of nitrogens with zero attached hydrogens (tertiary/aromatic N) is 1. The van der Waals surface area contributed by atoms with Gasteiger partial charge in [-0.05, 0) is 11.8 Å². The van der Waals surface area contributed by atoms with E-state index >= 15 is 0 Å². The van der Waals surface area contributed by atoms with Crippen LogP contribution in [0.4, 0.5) is 0 Å². The van der Waals surface area contributed by atoms with Gasteiger partial charge in [-0.1, -0.05) is 0 Å². The fourth-order valence-corrected chi connectivity index (χ4v) is 2.80. The molecule has 0 saturated carbocycles. The Morgan fingerprint density at radius 1 is 1.52 bits per heavy atom. The van der Waals surface area contributed by atoms with E-state index in [9.17, 15) is 15.0 Å². The van der Waals surface area contributed by atoms with Crippen molar-refractivity contribution in [2.24, 2.45) is 0 Å². The van der Waals surface area contributed by atoms with E-state index in [1.807, 2.05) is 0 Å². The van der Waals surface area contributed by atoms with Gasteiger partial charge in [0, 0.05) is 0 Å². The van der Waals surface area contributed by atoms with E-state index in [0.717, 1.165) is 0 Å². The Hall–Kier alpha value is -1.01. The first kappa shape index (κ1) is 16.4. The molecule has 0 aromatic carbocycles. The van der Waals surface area contributed by atoms with E-state index in [4.69, 9.17) is 14.7 Å². The highest BCUT2D eigenvalue weighted by Crippen LogP contribution is 2.26. The molecule has 1 aliphatic heterocycles. The highest BCUT2D eigenvalue weighted by atomic mass is 32.2. The first-order chi connectivity index (χ1) is 10.1. The fraction of sp³-hybridized carbons (Fsp3) is 0.636. The zero-order chi connectivity index (χ0) is 15.4. The molecular formula is C11H18N3O6S+. The summed E-state index contributed by atoms with van der Waals surface area (Å²) in [5.41, 5.74) is 2.30. The van der Waals surface area contributed by atoms with Gasteiger partial charge in [0.25, 0.3) is 0 Å². The summed E-state index contributed by atoms with van der Waals surface area (Å²) in [5, 5.41) is 29.3. The Balaban J connectivity index is 2.24. The number of hydrogen-bond donors (Lipinski definition) is 5.